The van der Waals surface area contributed by atoms with Crippen LogP contribution < -0.4 is 10.5 Å². The van der Waals surface area contributed by atoms with Gasteiger partial charge in [-0.3, -0.25) is 0 Å². The summed E-state index contributed by atoms with van der Waals surface area (Å²) in [6, 6.07) is 5.35. The molecule has 0 saturated heterocycles. The molecule has 4 heteroatoms. The standard InChI is InChI=1S/C10H12N2O2/c1-14-10-3-6-2-7(5-11)12-8(6)4-9(10)13/h2-4,12-13H,5,11H2,1H3. The van der Waals surface area contributed by atoms with Crippen molar-refractivity contribution in [2.45, 2.75) is 6.54 Å². The zero-order chi connectivity index (χ0) is 10.1. The number of rotatable bonds is 2. The lowest BCUT2D eigenvalue weighted by Gasteiger charge is -2.02. The van der Waals surface area contributed by atoms with Crippen LogP contribution in [0.4, 0.5) is 0 Å². The zero-order valence-corrected chi connectivity index (χ0v) is 7.87. The predicted molar refractivity (Wildman–Crippen MR) is 54.4 cm³/mol. The van der Waals surface area contributed by atoms with E-state index in [1.54, 1.807) is 12.1 Å². The van der Waals surface area contributed by atoms with Crippen molar-refractivity contribution in [3.05, 3.63) is 23.9 Å². The van der Waals surface area contributed by atoms with E-state index in [1.807, 2.05) is 6.07 Å². The number of H-pyrrole nitrogens is 1. The van der Waals surface area contributed by atoms with Gasteiger partial charge in [-0.2, -0.15) is 0 Å². The molecule has 0 amide bonds. The van der Waals surface area contributed by atoms with Gasteiger partial charge < -0.3 is 20.6 Å². The molecule has 0 radical (unpaired) electrons. The number of methoxy groups -OCH3 is 1. The number of aromatic hydroxyl groups is 1. The molecule has 4 nitrogen and oxygen atoms in total. The maximum atomic E-state index is 9.51. The van der Waals surface area contributed by atoms with Crippen LogP contribution in [0.25, 0.3) is 10.9 Å². The molecule has 0 unspecified atom stereocenters. The van der Waals surface area contributed by atoms with Crippen molar-refractivity contribution in [1.82, 2.24) is 4.98 Å². The van der Waals surface area contributed by atoms with Gasteiger partial charge in [-0.25, -0.2) is 0 Å². The molecule has 0 aliphatic rings. The van der Waals surface area contributed by atoms with E-state index < -0.39 is 0 Å². The van der Waals surface area contributed by atoms with Crippen LogP contribution in [0.15, 0.2) is 18.2 Å². The van der Waals surface area contributed by atoms with Gasteiger partial charge in [0, 0.05) is 29.2 Å². The van der Waals surface area contributed by atoms with E-state index >= 15 is 0 Å². The van der Waals surface area contributed by atoms with Crippen molar-refractivity contribution in [3.63, 3.8) is 0 Å². The average Bonchev–Trinajstić information content (AvgIpc) is 2.58. The first kappa shape index (κ1) is 8.90. The highest BCUT2D eigenvalue weighted by Crippen LogP contribution is 2.31. The number of nitrogens with two attached hydrogens (primary N) is 1. The van der Waals surface area contributed by atoms with Crippen molar-refractivity contribution in [2.24, 2.45) is 5.73 Å². The lowest BCUT2D eigenvalue weighted by atomic mass is 10.2. The summed E-state index contributed by atoms with van der Waals surface area (Å²) in [5, 5.41) is 10.5. The van der Waals surface area contributed by atoms with E-state index in [0.29, 0.717) is 12.3 Å². The second kappa shape index (κ2) is 3.23. The topological polar surface area (TPSA) is 71.3 Å². The van der Waals surface area contributed by atoms with E-state index in [1.165, 1.54) is 7.11 Å². The van der Waals surface area contributed by atoms with Gasteiger partial charge in [-0.15, -0.1) is 0 Å². The number of nitrogens with one attached hydrogen (secondary N) is 1. The van der Waals surface area contributed by atoms with Gasteiger partial charge in [-0.05, 0) is 12.1 Å². The third-order valence-electron chi connectivity index (χ3n) is 2.20. The van der Waals surface area contributed by atoms with Gasteiger partial charge >= 0.3 is 0 Å². The summed E-state index contributed by atoms with van der Waals surface area (Å²) < 4.78 is 5.00. The fraction of sp³-hybridized carbons (Fsp3) is 0.200. The fourth-order valence-electron chi connectivity index (χ4n) is 1.48. The molecule has 0 atom stereocenters. The van der Waals surface area contributed by atoms with Gasteiger partial charge in [0.25, 0.3) is 0 Å². The number of ether oxygens (including phenoxy) is 1. The van der Waals surface area contributed by atoms with Crippen LogP contribution in [0.2, 0.25) is 0 Å². The van der Waals surface area contributed by atoms with Crippen molar-refractivity contribution in [3.8, 4) is 11.5 Å². The number of phenolic OH excluding ortho intramolecular Hbond substituents is 1. The van der Waals surface area contributed by atoms with Gasteiger partial charge in [0.05, 0.1) is 7.11 Å². The maximum absolute atomic E-state index is 9.51. The zero-order valence-electron chi connectivity index (χ0n) is 7.87. The maximum Gasteiger partial charge on any atom is 0.161 e. The number of fused-ring (bicyclic) bond motifs is 1. The molecular weight excluding hydrogens is 180 g/mol. The Bertz CT molecular complexity index is 462. The lowest BCUT2D eigenvalue weighted by molar-refractivity contribution is 0.374. The summed E-state index contributed by atoms with van der Waals surface area (Å²) in [7, 11) is 1.53. The van der Waals surface area contributed by atoms with E-state index in [2.05, 4.69) is 4.98 Å². The Labute approximate surface area is 81.3 Å². The minimum absolute atomic E-state index is 0.130. The molecule has 74 valence electrons. The van der Waals surface area contributed by atoms with Crippen LogP contribution >= 0.6 is 0 Å². The molecule has 4 N–H and O–H groups in total. The molecule has 14 heavy (non-hydrogen) atoms. The number of aromatic amines is 1. The van der Waals surface area contributed by atoms with E-state index in [0.717, 1.165) is 16.6 Å². The molecule has 0 saturated carbocycles. The van der Waals surface area contributed by atoms with Crippen molar-refractivity contribution in [2.75, 3.05) is 7.11 Å². The van der Waals surface area contributed by atoms with E-state index in [9.17, 15) is 5.11 Å². The second-order valence-electron chi connectivity index (χ2n) is 3.11. The van der Waals surface area contributed by atoms with Crippen LogP contribution in [-0.4, -0.2) is 17.2 Å². The molecule has 0 spiro atoms. The normalized spacial score (nSPS) is 10.7. The summed E-state index contributed by atoms with van der Waals surface area (Å²) in [4.78, 5) is 3.10. The molecular formula is C10H12N2O2. The number of phenols is 1. The Balaban J connectivity index is 2.64. The first-order valence-electron chi connectivity index (χ1n) is 4.33. The molecule has 0 aliphatic heterocycles. The van der Waals surface area contributed by atoms with Crippen LogP contribution in [0.5, 0.6) is 11.5 Å². The molecule has 2 rings (SSSR count). The Kier molecular flexibility index (Phi) is 2.05. The Morgan fingerprint density at radius 3 is 2.86 bits per heavy atom. The number of hydrogen-bond acceptors (Lipinski definition) is 3. The highest BCUT2D eigenvalue weighted by molar-refractivity contribution is 5.84. The minimum Gasteiger partial charge on any atom is -0.504 e. The summed E-state index contributed by atoms with van der Waals surface area (Å²) in [5.74, 6) is 0.602. The predicted octanol–water partition coefficient (Wildman–Crippen LogP) is 1.34. The van der Waals surface area contributed by atoms with Crippen molar-refractivity contribution < 1.29 is 9.84 Å². The van der Waals surface area contributed by atoms with Crippen molar-refractivity contribution >= 4 is 10.9 Å². The first-order chi connectivity index (χ1) is 6.74. The Hall–Kier alpha value is -1.68. The largest absolute Gasteiger partial charge is 0.504 e. The van der Waals surface area contributed by atoms with Gasteiger partial charge in [-0.1, -0.05) is 0 Å². The number of hydrogen-bond donors (Lipinski definition) is 3. The van der Waals surface area contributed by atoms with Gasteiger partial charge in [0.15, 0.2) is 11.5 Å². The van der Waals surface area contributed by atoms with Crippen LogP contribution in [0, 0.1) is 0 Å². The number of aromatic nitrogens is 1. The highest BCUT2D eigenvalue weighted by atomic mass is 16.5. The molecule has 1 aromatic heterocycles. The molecule has 0 fully saturated rings. The Morgan fingerprint density at radius 1 is 1.43 bits per heavy atom. The third kappa shape index (κ3) is 1.29. The Morgan fingerprint density at radius 2 is 2.21 bits per heavy atom. The van der Waals surface area contributed by atoms with Crippen LogP contribution in [-0.2, 0) is 6.54 Å². The summed E-state index contributed by atoms with van der Waals surface area (Å²) >= 11 is 0. The summed E-state index contributed by atoms with van der Waals surface area (Å²) in [5.41, 5.74) is 7.30. The summed E-state index contributed by atoms with van der Waals surface area (Å²) in [6.45, 7) is 0.456. The van der Waals surface area contributed by atoms with Crippen LogP contribution in [0.1, 0.15) is 5.69 Å². The second-order valence-corrected chi connectivity index (χ2v) is 3.11. The van der Waals surface area contributed by atoms with E-state index in [-0.39, 0.29) is 5.75 Å². The fourth-order valence-corrected chi connectivity index (χ4v) is 1.48. The highest BCUT2D eigenvalue weighted by Gasteiger charge is 2.06. The molecule has 1 aromatic carbocycles. The third-order valence-corrected chi connectivity index (χ3v) is 2.20. The van der Waals surface area contributed by atoms with Crippen LogP contribution in [0.3, 0.4) is 0 Å². The average molecular weight is 192 g/mol. The molecule has 1 heterocycles. The monoisotopic (exact) mass is 192 g/mol. The quantitative estimate of drug-likeness (QED) is 0.672. The molecule has 2 aromatic rings. The minimum atomic E-state index is 0.130. The first-order valence-corrected chi connectivity index (χ1v) is 4.33. The van der Waals surface area contributed by atoms with Gasteiger partial charge in [0.2, 0.25) is 0 Å². The van der Waals surface area contributed by atoms with Gasteiger partial charge in [0.1, 0.15) is 0 Å². The van der Waals surface area contributed by atoms with Crippen molar-refractivity contribution in [1.29, 1.82) is 0 Å². The smallest absolute Gasteiger partial charge is 0.161 e. The lowest BCUT2D eigenvalue weighted by Crippen LogP contribution is -1.94. The SMILES string of the molecule is COc1cc2cc(CN)[nH]c2cc1O. The molecule has 0 aliphatic carbocycles. The summed E-state index contributed by atoms with van der Waals surface area (Å²) in [6.07, 6.45) is 0. The van der Waals surface area contributed by atoms with E-state index in [4.69, 9.17) is 10.5 Å². The molecule has 0 bridgehead atoms. The number of benzene rings is 1.